The Morgan fingerprint density at radius 1 is 1.43 bits per heavy atom. The molecule has 0 saturated heterocycles. The van der Waals surface area contributed by atoms with Crippen molar-refractivity contribution >= 4 is 17.5 Å². The summed E-state index contributed by atoms with van der Waals surface area (Å²) >= 11 is 6.05. The molecule has 23 heavy (non-hydrogen) atoms. The fourth-order valence-electron chi connectivity index (χ4n) is 2.72. The van der Waals surface area contributed by atoms with E-state index < -0.39 is 0 Å². The first-order valence-electron chi connectivity index (χ1n) is 7.62. The van der Waals surface area contributed by atoms with E-state index in [1.165, 1.54) is 0 Å². The predicted molar refractivity (Wildman–Crippen MR) is 86.1 cm³/mol. The minimum absolute atomic E-state index is 0.0236. The molecule has 0 unspecified atom stereocenters. The number of carbonyl (C=O) groups excluding carboxylic acids is 1. The Hall–Kier alpha value is -1.92. The van der Waals surface area contributed by atoms with Crippen LogP contribution in [0.2, 0.25) is 5.02 Å². The van der Waals surface area contributed by atoms with Crippen LogP contribution in [0.3, 0.4) is 0 Å². The van der Waals surface area contributed by atoms with Gasteiger partial charge < -0.3 is 14.6 Å². The third-order valence-electron chi connectivity index (χ3n) is 3.95. The molecule has 0 spiro atoms. The fraction of sp³-hybridized carbons (Fsp3) is 0.438. The average molecular weight is 335 g/mol. The Labute approximate surface area is 139 Å². The topological polar surface area (TPSA) is 69.0 Å². The van der Waals surface area contributed by atoms with Crippen LogP contribution in [0, 0.1) is 6.92 Å². The van der Waals surface area contributed by atoms with Crippen molar-refractivity contribution in [1.29, 1.82) is 0 Å². The molecule has 1 atom stereocenters. The zero-order valence-electron chi connectivity index (χ0n) is 13.0. The van der Waals surface area contributed by atoms with E-state index in [0.29, 0.717) is 18.2 Å². The number of hydrogen-bond acceptors (Lipinski definition) is 4. The van der Waals surface area contributed by atoms with Crippen LogP contribution in [0.15, 0.2) is 24.3 Å². The van der Waals surface area contributed by atoms with Gasteiger partial charge in [-0.15, -0.1) is 10.2 Å². The van der Waals surface area contributed by atoms with Crippen LogP contribution in [0.25, 0.3) is 0 Å². The number of ether oxygens (including phenoxy) is 1. The number of amides is 1. The number of nitrogens with one attached hydrogen (secondary N) is 1. The number of fused-ring (bicyclic) bond motifs is 1. The van der Waals surface area contributed by atoms with Crippen LogP contribution in [-0.2, 0) is 29.1 Å². The van der Waals surface area contributed by atoms with Crippen LogP contribution < -0.4 is 5.32 Å². The van der Waals surface area contributed by atoms with E-state index in [4.69, 9.17) is 16.3 Å². The Balaban J connectivity index is 1.45. The first-order chi connectivity index (χ1) is 11.1. The summed E-state index contributed by atoms with van der Waals surface area (Å²) in [5.74, 6) is 1.76. The smallest absolute Gasteiger partial charge is 0.246 e. The van der Waals surface area contributed by atoms with E-state index in [2.05, 4.69) is 20.1 Å². The van der Waals surface area contributed by atoms with Gasteiger partial charge >= 0.3 is 0 Å². The van der Waals surface area contributed by atoms with Gasteiger partial charge in [0.05, 0.1) is 6.61 Å². The summed E-state index contributed by atoms with van der Waals surface area (Å²) in [7, 11) is 0. The Bertz CT molecular complexity index is 701. The van der Waals surface area contributed by atoms with Gasteiger partial charge in [-0.2, -0.15) is 0 Å². The number of carbonyl (C=O) groups is 1. The molecular formula is C16H19ClN4O2. The summed E-state index contributed by atoms with van der Waals surface area (Å²) in [4.78, 5) is 12.0. The fourth-order valence-corrected chi connectivity index (χ4v) is 2.91. The van der Waals surface area contributed by atoms with Gasteiger partial charge in [-0.25, -0.2) is 0 Å². The van der Waals surface area contributed by atoms with E-state index >= 15 is 0 Å². The minimum atomic E-state index is -0.115. The molecule has 1 aromatic carbocycles. The SMILES string of the molecule is Cc1nnc2n1C[C@@H](NC(=O)COCc1ccccc1Cl)CC2. The molecule has 1 amide bonds. The van der Waals surface area contributed by atoms with Crippen molar-refractivity contribution in [2.24, 2.45) is 0 Å². The molecule has 1 aliphatic heterocycles. The number of halogens is 1. The number of rotatable bonds is 5. The quantitative estimate of drug-likeness (QED) is 0.906. The monoisotopic (exact) mass is 334 g/mol. The van der Waals surface area contributed by atoms with Crippen molar-refractivity contribution in [1.82, 2.24) is 20.1 Å². The molecule has 0 fully saturated rings. The molecule has 2 aromatic rings. The average Bonchev–Trinajstić information content (AvgIpc) is 2.90. The number of aromatic nitrogens is 3. The lowest BCUT2D eigenvalue weighted by Gasteiger charge is -2.24. The van der Waals surface area contributed by atoms with Gasteiger partial charge in [-0.05, 0) is 25.0 Å². The van der Waals surface area contributed by atoms with Gasteiger partial charge in [-0.1, -0.05) is 29.8 Å². The highest BCUT2D eigenvalue weighted by Crippen LogP contribution is 2.16. The summed E-state index contributed by atoms with van der Waals surface area (Å²) in [6.07, 6.45) is 1.70. The number of hydrogen-bond donors (Lipinski definition) is 1. The van der Waals surface area contributed by atoms with E-state index in [-0.39, 0.29) is 18.6 Å². The standard InChI is InChI=1S/C16H19ClN4O2/c1-11-19-20-15-7-6-13(8-21(11)15)18-16(22)10-23-9-12-4-2-3-5-14(12)17/h2-5,13H,6-10H2,1H3,(H,18,22)/t13-/m0/s1. The maximum Gasteiger partial charge on any atom is 0.246 e. The van der Waals surface area contributed by atoms with Gasteiger partial charge in [0.2, 0.25) is 5.91 Å². The van der Waals surface area contributed by atoms with E-state index in [0.717, 1.165) is 30.1 Å². The molecule has 122 valence electrons. The van der Waals surface area contributed by atoms with Crippen molar-refractivity contribution in [2.75, 3.05) is 6.61 Å². The summed E-state index contributed by atoms with van der Waals surface area (Å²) < 4.78 is 7.51. The van der Waals surface area contributed by atoms with Gasteiger partial charge in [0.25, 0.3) is 0 Å². The molecule has 0 bridgehead atoms. The molecule has 2 heterocycles. The predicted octanol–water partition coefficient (Wildman–Crippen LogP) is 1.89. The normalized spacial score (nSPS) is 16.9. The van der Waals surface area contributed by atoms with Crippen molar-refractivity contribution in [3.8, 4) is 0 Å². The first-order valence-corrected chi connectivity index (χ1v) is 8.00. The van der Waals surface area contributed by atoms with Gasteiger partial charge in [-0.3, -0.25) is 4.79 Å². The van der Waals surface area contributed by atoms with Crippen molar-refractivity contribution < 1.29 is 9.53 Å². The summed E-state index contributed by atoms with van der Waals surface area (Å²) in [6, 6.07) is 7.54. The molecule has 6 nitrogen and oxygen atoms in total. The summed E-state index contributed by atoms with van der Waals surface area (Å²) in [5.41, 5.74) is 0.879. The molecule has 0 saturated carbocycles. The first kappa shape index (κ1) is 16.0. The molecule has 1 aromatic heterocycles. The van der Waals surface area contributed by atoms with Crippen LogP contribution in [0.5, 0.6) is 0 Å². The summed E-state index contributed by atoms with van der Waals surface area (Å²) in [5, 5.41) is 11.8. The van der Waals surface area contributed by atoms with E-state index in [1.54, 1.807) is 6.07 Å². The third kappa shape index (κ3) is 3.89. The second kappa shape index (κ2) is 7.10. The molecule has 1 N–H and O–H groups in total. The number of nitrogens with zero attached hydrogens (tertiary/aromatic N) is 3. The molecule has 3 rings (SSSR count). The third-order valence-corrected chi connectivity index (χ3v) is 4.31. The lowest BCUT2D eigenvalue weighted by molar-refractivity contribution is -0.127. The Morgan fingerprint density at radius 3 is 3.09 bits per heavy atom. The van der Waals surface area contributed by atoms with E-state index in [1.807, 2.05) is 25.1 Å². The Kier molecular flexibility index (Phi) is 4.93. The second-order valence-corrected chi connectivity index (χ2v) is 6.07. The maximum atomic E-state index is 12.0. The van der Waals surface area contributed by atoms with Gasteiger partial charge in [0.1, 0.15) is 18.3 Å². The van der Waals surface area contributed by atoms with Gasteiger partial charge in [0.15, 0.2) is 0 Å². The van der Waals surface area contributed by atoms with Gasteiger partial charge in [0, 0.05) is 24.0 Å². The zero-order chi connectivity index (χ0) is 16.2. The van der Waals surface area contributed by atoms with Crippen LogP contribution >= 0.6 is 11.6 Å². The van der Waals surface area contributed by atoms with E-state index in [9.17, 15) is 4.79 Å². The largest absolute Gasteiger partial charge is 0.367 e. The molecule has 7 heteroatoms. The van der Waals surface area contributed by atoms with Crippen LogP contribution in [-0.4, -0.2) is 33.3 Å². The lowest BCUT2D eigenvalue weighted by atomic mass is 10.1. The number of aryl methyl sites for hydroxylation is 2. The highest BCUT2D eigenvalue weighted by atomic mass is 35.5. The highest BCUT2D eigenvalue weighted by Gasteiger charge is 2.22. The zero-order valence-corrected chi connectivity index (χ0v) is 13.7. The molecule has 0 radical (unpaired) electrons. The minimum Gasteiger partial charge on any atom is -0.367 e. The molecule has 0 aliphatic carbocycles. The van der Waals surface area contributed by atoms with Crippen LogP contribution in [0.4, 0.5) is 0 Å². The molecular weight excluding hydrogens is 316 g/mol. The Morgan fingerprint density at radius 2 is 2.26 bits per heavy atom. The van der Waals surface area contributed by atoms with Crippen molar-refractivity contribution in [2.45, 2.75) is 39.0 Å². The van der Waals surface area contributed by atoms with Crippen molar-refractivity contribution in [3.05, 3.63) is 46.5 Å². The van der Waals surface area contributed by atoms with Crippen molar-refractivity contribution in [3.63, 3.8) is 0 Å². The molecule has 1 aliphatic rings. The maximum absolute atomic E-state index is 12.0. The lowest BCUT2D eigenvalue weighted by Crippen LogP contribution is -2.42. The highest BCUT2D eigenvalue weighted by molar-refractivity contribution is 6.31. The number of benzene rings is 1. The second-order valence-electron chi connectivity index (χ2n) is 5.66. The summed E-state index contributed by atoms with van der Waals surface area (Å²) in [6.45, 7) is 2.99. The van der Waals surface area contributed by atoms with Crippen LogP contribution in [0.1, 0.15) is 23.6 Å².